The van der Waals surface area contributed by atoms with E-state index < -0.39 is 0 Å². The lowest BCUT2D eigenvalue weighted by Crippen LogP contribution is -1.91. The fourth-order valence-electron chi connectivity index (χ4n) is 2.21. The van der Waals surface area contributed by atoms with Crippen molar-refractivity contribution >= 4 is 22.7 Å². The van der Waals surface area contributed by atoms with E-state index in [0.29, 0.717) is 0 Å². The molecule has 1 N–H and O–H groups in total. The van der Waals surface area contributed by atoms with Crippen LogP contribution in [0.3, 0.4) is 0 Å². The number of aromatic nitrogens is 1. The summed E-state index contributed by atoms with van der Waals surface area (Å²) in [6, 6.07) is 14.1. The second-order valence-corrected chi connectivity index (χ2v) is 6.34. The Balaban J connectivity index is 1.67. The van der Waals surface area contributed by atoms with Crippen molar-refractivity contribution in [3.05, 3.63) is 64.5 Å². The second kappa shape index (κ2) is 7.27. The Hall–Kier alpha value is -2.66. The zero-order chi connectivity index (χ0) is 16.9. The van der Waals surface area contributed by atoms with Crippen LogP contribution >= 0.6 is 11.3 Å². The highest BCUT2D eigenvalue weighted by Gasteiger charge is 2.05. The summed E-state index contributed by atoms with van der Waals surface area (Å²) in [6.45, 7) is 4.23. The van der Waals surface area contributed by atoms with Gasteiger partial charge in [0.1, 0.15) is 5.75 Å². The van der Waals surface area contributed by atoms with Crippen molar-refractivity contribution in [1.82, 2.24) is 4.98 Å². The van der Waals surface area contributed by atoms with Crippen LogP contribution in [0.25, 0.3) is 11.3 Å². The zero-order valence-electron chi connectivity index (χ0n) is 13.9. The van der Waals surface area contributed by atoms with Gasteiger partial charge in [-0.2, -0.15) is 5.10 Å². The minimum atomic E-state index is 0.771. The summed E-state index contributed by atoms with van der Waals surface area (Å²) in [6.07, 6.45) is 1.76. The second-order valence-electron chi connectivity index (χ2n) is 5.48. The first kappa shape index (κ1) is 16.2. The molecule has 0 amide bonds. The average Bonchev–Trinajstić information content (AvgIpc) is 3.07. The fourth-order valence-corrected chi connectivity index (χ4v) is 2.88. The first-order chi connectivity index (χ1) is 11.7. The molecule has 0 atom stereocenters. The minimum Gasteiger partial charge on any atom is -0.497 e. The maximum absolute atomic E-state index is 5.14. The molecule has 1 heterocycles. The molecule has 0 aliphatic rings. The molecule has 0 radical (unpaired) electrons. The summed E-state index contributed by atoms with van der Waals surface area (Å²) in [4.78, 5) is 4.58. The molecule has 0 spiro atoms. The molecule has 3 rings (SSSR count). The maximum atomic E-state index is 5.14. The van der Waals surface area contributed by atoms with Crippen molar-refractivity contribution in [3.63, 3.8) is 0 Å². The van der Waals surface area contributed by atoms with E-state index in [1.54, 1.807) is 13.3 Å². The number of methoxy groups -OCH3 is 1. The molecule has 24 heavy (non-hydrogen) atoms. The van der Waals surface area contributed by atoms with Crippen molar-refractivity contribution in [2.75, 3.05) is 12.5 Å². The van der Waals surface area contributed by atoms with Gasteiger partial charge in [0.25, 0.3) is 0 Å². The van der Waals surface area contributed by atoms with Gasteiger partial charge >= 0.3 is 0 Å². The predicted octanol–water partition coefficient (Wildman–Crippen LogP) is 4.88. The number of thiazole rings is 1. The van der Waals surface area contributed by atoms with Crippen molar-refractivity contribution in [1.29, 1.82) is 0 Å². The van der Waals surface area contributed by atoms with Crippen LogP contribution in [-0.2, 0) is 0 Å². The molecule has 0 aliphatic carbocycles. The van der Waals surface area contributed by atoms with Gasteiger partial charge in [-0.1, -0.05) is 12.1 Å². The lowest BCUT2D eigenvalue weighted by Gasteiger charge is -2.02. The Morgan fingerprint density at radius 2 is 1.88 bits per heavy atom. The van der Waals surface area contributed by atoms with Crippen LogP contribution in [0.15, 0.2) is 52.9 Å². The third kappa shape index (κ3) is 3.81. The van der Waals surface area contributed by atoms with Gasteiger partial charge in [0, 0.05) is 10.9 Å². The first-order valence-electron chi connectivity index (χ1n) is 7.62. The van der Waals surface area contributed by atoms with E-state index in [0.717, 1.165) is 27.7 Å². The van der Waals surface area contributed by atoms with Gasteiger partial charge in [-0.15, -0.1) is 11.3 Å². The molecule has 4 nitrogen and oxygen atoms in total. The number of anilines is 1. The number of rotatable bonds is 5. The van der Waals surface area contributed by atoms with Crippen molar-refractivity contribution in [3.8, 4) is 17.0 Å². The Bertz CT molecular complexity index is 853. The highest BCUT2D eigenvalue weighted by molar-refractivity contribution is 7.14. The van der Waals surface area contributed by atoms with Gasteiger partial charge in [0.05, 0.1) is 19.0 Å². The van der Waals surface area contributed by atoms with Crippen LogP contribution in [0.2, 0.25) is 0 Å². The van der Waals surface area contributed by atoms with Gasteiger partial charge in [-0.3, -0.25) is 5.43 Å². The fraction of sp³-hybridized carbons (Fsp3) is 0.158. The van der Waals surface area contributed by atoms with Gasteiger partial charge in [0.2, 0.25) is 5.13 Å². The number of hydrazone groups is 1. The number of nitrogens with zero attached hydrogens (tertiary/aromatic N) is 2. The summed E-state index contributed by atoms with van der Waals surface area (Å²) in [5.74, 6) is 0.832. The van der Waals surface area contributed by atoms with E-state index in [9.17, 15) is 0 Å². The predicted molar refractivity (Wildman–Crippen MR) is 101 cm³/mol. The Labute approximate surface area is 145 Å². The van der Waals surface area contributed by atoms with E-state index >= 15 is 0 Å². The average molecular weight is 337 g/mol. The monoisotopic (exact) mass is 337 g/mol. The molecule has 2 aromatic carbocycles. The van der Waals surface area contributed by atoms with Crippen LogP contribution in [0.5, 0.6) is 5.75 Å². The largest absolute Gasteiger partial charge is 0.497 e. The molecule has 5 heteroatoms. The Morgan fingerprint density at radius 3 is 2.58 bits per heavy atom. The molecule has 0 aliphatic heterocycles. The quantitative estimate of drug-likeness (QED) is 0.533. The van der Waals surface area contributed by atoms with Crippen molar-refractivity contribution < 1.29 is 4.74 Å². The lowest BCUT2D eigenvalue weighted by molar-refractivity contribution is 0.415. The topological polar surface area (TPSA) is 46.5 Å². The summed E-state index contributed by atoms with van der Waals surface area (Å²) >= 11 is 1.54. The smallest absolute Gasteiger partial charge is 0.203 e. The number of ether oxygens (including phenoxy) is 1. The Morgan fingerprint density at radius 1 is 1.08 bits per heavy atom. The molecule has 0 saturated carbocycles. The molecule has 3 aromatic rings. The molecular weight excluding hydrogens is 318 g/mol. The van der Waals surface area contributed by atoms with Crippen LogP contribution in [0.4, 0.5) is 5.13 Å². The number of hydrogen-bond donors (Lipinski definition) is 1. The SMILES string of the molecule is COc1ccc(/C=N\Nc2nc(-c3ccc(C)c(C)c3)cs2)cc1. The van der Waals surface area contributed by atoms with E-state index in [1.165, 1.54) is 22.5 Å². The molecule has 122 valence electrons. The minimum absolute atomic E-state index is 0.771. The van der Waals surface area contributed by atoms with Gasteiger partial charge in [-0.05, 0) is 60.9 Å². The molecular formula is C19H19N3OS. The van der Waals surface area contributed by atoms with Crippen molar-refractivity contribution in [2.45, 2.75) is 13.8 Å². The lowest BCUT2D eigenvalue weighted by atomic mass is 10.1. The summed E-state index contributed by atoms with van der Waals surface area (Å²) in [5.41, 5.74) is 8.63. The van der Waals surface area contributed by atoms with E-state index in [-0.39, 0.29) is 0 Å². The highest BCUT2D eigenvalue weighted by atomic mass is 32.1. The number of nitrogens with one attached hydrogen (secondary N) is 1. The summed E-state index contributed by atoms with van der Waals surface area (Å²) < 4.78 is 5.14. The van der Waals surface area contributed by atoms with E-state index in [4.69, 9.17) is 4.74 Å². The number of hydrogen-bond acceptors (Lipinski definition) is 5. The van der Waals surface area contributed by atoms with Crippen LogP contribution < -0.4 is 10.2 Å². The third-order valence-electron chi connectivity index (χ3n) is 3.80. The van der Waals surface area contributed by atoms with Gasteiger partial charge in [-0.25, -0.2) is 4.98 Å². The van der Waals surface area contributed by atoms with Crippen LogP contribution in [0, 0.1) is 13.8 Å². The molecule has 0 saturated heterocycles. The molecule has 0 bridgehead atoms. The zero-order valence-corrected chi connectivity index (χ0v) is 14.7. The van der Waals surface area contributed by atoms with Crippen LogP contribution in [-0.4, -0.2) is 18.3 Å². The molecule has 1 aromatic heterocycles. The van der Waals surface area contributed by atoms with Crippen LogP contribution in [0.1, 0.15) is 16.7 Å². The van der Waals surface area contributed by atoms with Crippen molar-refractivity contribution in [2.24, 2.45) is 5.10 Å². The maximum Gasteiger partial charge on any atom is 0.203 e. The molecule has 0 unspecified atom stereocenters. The standard InChI is InChI=1S/C19H19N3OS/c1-13-4-7-16(10-14(13)2)18-12-24-19(21-18)22-20-11-15-5-8-17(23-3)9-6-15/h4-12H,1-3H3,(H,21,22)/b20-11-. The van der Waals surface area contributed by atoms with E-state index in [1.807, 2.05) is 29.6 Å². The molecule has 0 fully saturated rings. The normalized spacial score (nSPS) is 11.0. The van der Waals surface area contributed by atoms with E-state index in [2.05, 4.69) is 47.6 Å². The van der Waals surface area contributed by atoms with Gasteiger partial charge < -0.3 is 4.74 Å². The summed E-state index contributed by atoms with van der Waals surface area (Å²) in [7, 11) is 1.65. The highest BCUT2D eigenvalue weighted by Crippen LogP contribution is 2.26. The third-order valence-corrected chi connectivity index (χ3v) is 4.54. The van der Waals surface area contributed by atoms with Gasteiger partial charge in [0.15, 0.2) is 0 Å². The first-order valence-corrected chi connectivity index (χ1v) is 8.50. The summed E-state index contributed by atoms with van der Waals surface area (Å²) in [5, 5.41) is 7.05. The number of benzene rings is 2. The number of aryl methyl sites for hydroxylation is 2. The Kier molecular flexibility index (Phi) is 4.91.